The van der Waals surface area contributed by atoms with Crippen LogP contribution in [0.25, 0.3) is 10.4 Å². The number of amides is 1. The lowest BCUT2D eigenvalue weighted by atomic mass is 9.75. The first-order valence-corrected chi connectivity index (χ1v) is 9.96. The minimum Gasteiger partial charge on any atom is -0.497 e. The van der Waals surface area contributed by atoms with Crippen LogP contribution in [-0.4, -0.2) is 49.9 Å². The van der Waals surface area contributed by atoms with Gasteiger partial charge in [-0.15, -0.1) is 11.3 Å². The zero-order chi connectivity index (χ0) is 17.7. The Morgan fingerprint density at radius 3 is 2.54 bits per heavy atom. The first-order valence-electron chi connectivity index (χ1n) is 9.14. The molecule has 0 aliphatic carbocycles. The molecule has 5 nitrogen and oxygen atoms in total. The maximum Gasteiger partial charge on any atom is 0.415 e. The second kappa shape index (κ2) is 5.99. The van der Waals surface area contributed by atoms with Crippen molar-refractivity contribution in [3.8, 4) is 16.2 Å². The Morgan fingerprint density at radius 2 is 1.88 bits per heavy atom. The monoisotopic (exact) mass is 370 g/mol. The molecule has 6 rings (SSSR count). The SMILES string of the molecule is COc1ccc(-c2ccc(N3C[C@@]4(CN5CCC4CC5)OC3=O)s2)cc1. The van der Waals surface area contributed by atoms with Crippen molar-refractivity contribution >= 4 is 22.4 Å². The van der Waals surface area contributed by atoms with Crippen LogP contribution in [0.2, 0.25) is 0 Å². The van der Waals surface area contributed by atoms with Gasteiger partial charge >= 0.3 is 6.09 Å². The number of piperidine rings is 3. The minimum absolute atomic E-state index is 0.193. The summed E-state index contributed by atoms with van der Waals surface area (Å²) in [7, 11) is 1.67. The first-order chi connectivity index (χ1) is 12.7. The van der Waals surface area contributed by atoms with E-state index in [0.717, 1.165) is 53.7 Å². The highest BCUT2D eigenvalue weighted by atomic mass is 32.1. The molecule has 1 atom stereocenters. The molecule has 2 bridgehead atoms. The molecule has 4 fully saturated rings. The zero-order valence-corrected chi connectivity index (χ0v) is 15.6. The van der Waals surface area contributed by atoms with E-state index in [1.54, 1.807) is 18.4 Å². The number of carbonyl (C=O) groups excluding carboxylic acids is 1. The lowest BCUT2D eigenvalue weighted by Gasteiger charge is -2.49. The minimum atomic E-state index is -0.308. The molecule has 4 aliphatic heterocycles. The summed E-state index contributed by atoms with van der Waals surface area (Å²) in [5, 5.41) is 0.967. The molecular weight excluding hydrogens is 348 g/mol. The molecule has 1 aromatic carbocycles. The molecule has 26 heavy (non-hydrogen) atoms. The molecule has 0 radical (unpaired) electrons. The Balaban J connectivity index is 1.39. The van der Waals surface area contributed by atoms with Gasteiger partial charge < -0.3 is 9.47 Å². The van der Waals surface area contributed by atoms with Crippen molar-refractivity contribution in [3.05, 3.63) is 36.4 Å². The van der Waals surface area contributed by atoms with E-state index in [-0.39, 0.29) is 11.7 Å². The lowest BCUT2D eigenvalue weighted by Crippen LogP contribution is -2.61. The second-order valence-corrected chi connectivity index (χ2v) is 8.50. The van der Waals surface area contributed by atoms with E-state index >= 15 is 0 Å². The van der Waals surface area contributed by atoms with Gasteiger partial charge in [0.05, 0.1) is 13.7 Å². The standard InChI is InChI=1S/C20H22N2O3S/c1-24-16-4-2-14(3-5-16)17-6-7-18(26-17)22-13-20(25-19(22)23)12-21-10-8-15(20)9-11-21/h2-7,15H,8-13H2,1H3/t20-/m1/s1. The van der Waals surface area contributed by atoms with Gasteiger partial charge in [0.1, 0.15) is 16.4 Å². The van der Waals surface area contributed by atoms with Crippen molar-refractivity contribution in [1.82, 2.24) is 4.90 Å². The molecule has 136 valence electrons. The number of fused-ring (bicyclic) bond motifs is 2. The molecule has 0 saturated carbocycles. The normalized spacial score (nSPS) is 30.0. The fourth-order valence-electron chi connectivity index (χ4n) is 4.56. The number of hydrogen-bond acceptors (Lipinski definition) is 5. The third-order valence-electron chi connectivity index (χ3n) is 5.99. The summed E-state index contributed by atoms with van der Waals surface area (Å²) >= 11 is 1.64. The van der Waals surface area contributed by atoms with E-state index in [9.17, 15) is 4.79 Å². The zero-order valence-electron chi connectivity index (χ0n) is 14.8. The van der Waals surface area contributed by atoms with E-state index in [1.807, 2.05) is 35.2 Å². The average Bonchev–Trinajstić information content (AvgIpc) is 3.28. The Hall–Kier alpha value is -2.05. The highest BCUT2D eigenvalue weighted by molar-refractivity contribution is 7.19. The lowest BCUT2D eigenvalue weighted by molar-refractivity contribution is -0.0881. The van der Waals surface area contributed by atoms with Crippen LogP contribution in [0.5, 0.6) is 5.75 Å². The van der Waals surface area contributed by atoms with Gasteiger partial charge in [-0.2, -0.15) is 0 Å². The van der Waals surface area contributed by atoms with Crippen LogP contribution in [0.1, 0.15) is 12.8 Å². The van der Waals surface area contributed by atoms with Crippen molar-refractivity contribution in [2.45, 2.75) is 18.4 Å². The van der Waals surface area contributed by atoms with Gasteiger partial charge in [0, 0.05) is 17.3 Å². The average molecular weight is 370 g/mol. The Labute approximate surface area is 157 Å². The summed E-state index contributed by atoms with van der Waals surface area (Å²) in [5.74, 6) is 1.35. The number of ether oxygens (including phenoxy) is 2. The number of hydrogen-bond donors (Lipinski definition) is 0. The van der Waals surface area contributed by atoms with Crippen LogP contribution >= 0.6 is 11.3 Å². The third-order valence-corrected chi connectivity index (χ3v) is 7.15. The smallest absolute Gasteiger partial charge is 0.415 e. The number of thiophene rings is 1. The van der Waals surface area contributed by atoms with Crippen LogP contribution in [0.15, 0.2) is 36.4 Å². The summed E-state index contributed by atoms with van der Waals surface area (Å²) in [6, 6.07) is 12.1. The molecule has 4 saturated heterocycles. The van der Waals surface area contributed by atoms with Crippen LogP contribution in [0, 0.1) is 5.92 Å². The van der Waals surface area contributed by atoms with Crippen molar-refractivity contribution in [2.24, 2.45) is 5.92 Å². The molecule has 1 spiro atoms. The number of carbonyl (C=O) groups is 1. The third kappa shape index (κ3) is 2.51. The van der Waals surface area contributed by atoms with Crippen LogP contribution < -0.4 is 9.64 Å². The number of methoxy groups -OCH3 is 1. The predicted molar refractivity (Wildman–Crippen MR) is 102 cm³/mol. The van der Waals surface area contributed by atoms with Gasteiger partial charge in [0.2, 0.25) is 0 Å². The van der Waals surface area contributed by atoms with Gasteiger partial charge in [-0.25, -0.2) is 4.79 Å². The molecule has 4 aliphatic rings. The van der Waals surface area contributed by atoms with Crippen molar-refractivity contribution in [1.29, 1.82) is 0 Å². The topological polar surface area (TPSA) is 42.0 Å². The van der Waals surface area contributed by atoms with Crippen LogP contribution in [-0.2, 0) is 4.74 Å². The summed E-state index contributed by atoms with van der Waals surface area (Å²) in [5.41, 5.74) is 0.824. The molecule has 6 heteroatoms. The van der Waals surface area contributed by atoms with Gasteiger partial charge in [-0.3, -0.25) is 9.80 Å². The largest absolute Gasteiger partial charge is 0.497 e. The highest BCUT2D eigenvalue weighted by Gasteiger charge is 2.55. The molecule has 1 aromatic heterocycles. The van der Waals surface area contributed by atoms with Gasteiger partial charge in [-0.1, -0.05) is 0 Å². The molecule has 0 N–H and O–H groups in total. The number of benzene rings is 1. The van der Waals surface area contributed by atoms with Crippen molar-refractivity contribution in [3.63, 3.8) is 0 Å². The number of rotatable bonds is 3. The van der Waals surface area contributed by atoms with E-state index in [2.05, 4.69) is 11.0 Å². The fraction of sp³-hybridized carbons (Fsp3) is 0.450. The van der Waals surface area contributed by atoms with Crippen molar-refractivity contribution < 1.29 is 14.3 Å². The summed E-state index contributed by atoms with van der Waals surface area (Å²) in [6.07, 6.45) is 2.09. The van der Waals surface area contributed by atoms with Crippen LogP contribution in [0.4, 0.5) is 9.80 Å². The molecule has 1 amide bonds. The Bertz CT molecular complexity index is 826. The van der Waals surface area contributed by atoms with Gasteiger partial charge in [0.15, 0.2) is 0 Å². The fourth-order valence-corrected chi connectivity index (χ4v) is 5.56. The number of anilines is 1. The maximum atomic E-state index is 12.6. The molecule has 0 unspecified atom stereocenters. The van der Waals surface area contributed by atoms with Crippen LogP contribution in [0.3, 0.4) is 0 Å². The highest BCUT2D eigenvalue weighted by Crippen LogP contribution is 2.45. The van der Waals surface area contributed by atoms with E-state index in [1.165, 1.54) is 0 Å². The summed E-state index contributed by atoms with van der Waals surface area (Å²) in [4.78, 5) is 18.0. The molecule has 2 aromatic rings. The predicted octanol–water partition coefficient (Wildman–Crippen LogP) is 3.84. The Morgan fingerprint density at radius 1 is 1.12 bits per heavy atom. The second-order valence-electron chi connectivity index (χ2n) is 7.44. The quantitative estimate of drug-likeness (QED) is 0.823. The van der Waals surface area contributed by atoms with E-state index in [0.29, 0.717) is 12.5 Å². The summed E-state index contributed by atoms with van der Waals surface area (Å²) < 4.78 is 11.2. The van der Waals surface area contributed by atoms with Gasteiger partial charge in [-0.05, 0) is 67.9 Å². The van der Waals surface area contributed by atoms with E-state index in [4.69, 9.17) is 9.47 Å². The Kier molecular flexibility index (Phi) is 3.72. The van der Waals surface area contributed by atoms with Gasteiger partial charge in [0.25, 0.3) is 0 Å². The summed E-state index contributed by atoms with van der Waals surface area (Å²) in [6.45, 7) is 3.85. The first kappa shape index (κ1) is 16.1. The number of nitrogens with zero attached hydrogens (tertiary/aromatic N) is 2. The maximum absolute atomic E-state index is 12.6. The van der Waals surface area contributed by atoms with Crippen molar-refractivity contribution in [2.75, 3.05) is 38.2 Å². The molecular formula is C20H22N2O3S. The van der Waals surface area contributed by atoms with E-state index < -0.39 is 0 Å². The molecule has 5 heterocycles.